The normalized spacial score (nSPS) is 11.2. The molecular formula is C16H17N3O. The van der Waals surface area contributed by atoms with Gasteiger partial charge in [0.15, 0.2) is 0 Å². The number of hydrazone groups is 1. The summed E-state index contributed by atoms with van der Waals surface area (Å²) in [4.78, 5) is 11.9. The number of carbonyl (C=O) groups is 1. The average Bonchev–Trinajstić information content (AvgIpc) is 2.47. The molecule has 0 aliphatic rings. The van der Waals surface area contributed by atoms with E-state index in [9.17, 15) is 4.79 Å². The van der Waals surface area contributed by atoms with Gasteiger partial charge in [-0.3, -0.25) is 4.79 Å². The lowest BCUT2D eigenvalue weighted by Crippen LogP contribution is -2.19. The molecule has 0 bridgehead atoms. The van der Waals surface area contributed by atoms with Crippen molar-refractivity contribution in [3.05, 3.63) is 65.2 Å². The highest BCUT2D eigenvalue weighted by atomic mass is 16.2. The summed E-state index contributed by atoms with van der Waals surface area (Å²) in [7, 11) is 0. The average molecular weight is 267 g/mol. The number of anilines is 1. The fourth-order valence-corrected chi connectivity index (χ4v) is 1.83. The molecule has 20 heavy (non-hydrogen) atoms. The Kier molecular flexibility index (Phi) is 4.15. The van der Waals surface area contributed by atoms with Gasteiger partial charge in [-0.25, -0.2) is 5.43 Å². The minimum atomic E-state index is -0.240. The molecular weight excluding hydrogens is 250 g/mol. The third-order valence-corrected chi connectivity index (χ3v) is 2.96. The number of nitrogens with zero attached hydrogens (tertiary/aromatic N) is 1. The second kappa shape index (κ2) is 6.02. The first kappa shape index (κ1) is 13.8. The zero-order chi connectivity index (χ0) is 14.5. The summed E-state index contributed by atoms with van der Waals surface area (Å²) in [5, 5.41) is 4.11. The first-order valence-electron chi connectivity index (χ1n) is 6.34. The molecule has 2 aromatic rings. The number of nitrogens with two attached hydrogens (primary N) is 1. The van der Waals surface area contributed by atoms with Crippen LogP contribution in [0.25, 0.3) is 0 Å². The topological polar surface area (TPSA) is 67.5 Å². The van der Waals surface area contributed by atoms with Crippen molar-refractivity contribution in [3.63, 3.8) is 0 Å². The SMILES string of the molecule is C/C(=N\NC(=O)c1ccccc1)c1cc(C)ccc1N. The number of benzene rings is 2. The Morgan fingerprint density at radius 2 is 1.85 bits per heavy atom. The van der Waals surface area contributed by atoms with Crippen LogP contribution in [-0.2, 0) is 0 Å². The van der Waals surface area contributed by atoms with Crippen LogP contribution in [0, 0.1) is 6.92 Å². The Bertz CT molecular complexity index is 648. The zero-order valence-corrected chi connectivity index (χ0v) is 11.6. The van der Waals surface area contributed by atoms with Gasteiger partial charge in [-0.1, -0.05) is 29.8 Å². The van der Waals surface area contributed by atoms with Crippen molar-refractivity contribution < 1.29 is 4.79 Å². The van der Waals surface area contributed by atoms with E-state index >= 15 is 0 Å². The van der Waals surface area contributed by atoms with Crippen LogP contribution in [0.5, 0.6) is 0 Å². The Balaban J connectivity index is 2.15. The highest BCUT2D eigenvalue weighted by Gasteiger charge is 2.06. The highest BCUT2D eigenvalue weighted by molar-refractivity contribution is 6.04. The van der Waals surface area contributed by atoms with E-state index in [1.807, 2.05) is 50.2 Å². The number of hydrogen-bond donors (Lipinski definition) is 2. The molecule has 0 unspecified atom stereocenters. The van der Waals surface area contributed by atoms with Gasteiger partial charge in [0, 0.05) is 16.8 Å². The Morgan fingerprint density at radius 3 is 2.55 bits per heavy atom. The first-order chi connectivity index (χ1) is 9.58. The van der Waals surface area contributed by atoms with Crippen LogP contribution < -0.4 is 11.2 Å². The molecule has 4 nitrogen and oxygen atoms in total. The second-order valence-electron chi connectivity index (χ2n) is 4.59. The lowest BCUT2D eigenvalue weighted by Gasteiger charge is -2.07. The molecule has 0 atom stereocenters. The summed E-state index contributed by atoms with van der Waals surface area (Å²) < 4.78 is 0. The van der Waals surface area contributed by atoms with Gasteiger partial charge in [0.25, 0.3) is 5.91 Å². The molecule has 2 rings (SSSR count). The summed E-state index contributed by atoms with van der Waals surface area (Å²) in [6, 6.07) is 14.7. The van der Waals surface area contributed by atoms with Gasteiger partial charge in [-0.2, -0.15) is 5.10 Å². The summed E-state index contributed by atoms with van der Waals surface area (Å²) in [5.74, 6) is -0.240. The number of amides is 1. The van der Waals surface area contributed by atoms with Crippen molar-refractivity contribution in [2.24, 2.45) is 5.10 Å². The van der Waals surface area contributed by atoms with Crippen molar-refractivity contribution in [2.45, 2.75) is 13.8 Å². The van der Waals surface area contributed by atoms with Gasteiger partial charge >= 0.3 is 0 Å². The van der Waals surface area contributed by atoms with Gasteiger partial charge in [-0.05, 0) is 38.1 Å². The monoisotopic (exact) mass is 267 g/mol. The summed E-state index contributed by atoms with van der Waals surface area (Å²) in [6.45, 7) is 3.80. The minimum Gasteiger partial charge on any atom is -0.398 e. The van der Waals surface area contributed by atoms with Gasteiger partial charge in [0.05, 0.1) is 5.71 Å². The zero-order valence-electron chi connectivity index (χ0n) is 11.6. The standard InChI is InChI=1S/C16H17N3O/c1-11-8-9-15(17)14(10-11)12(2)18-19-16(20)13-6-4-3-5-7-13/h3-10H,17H2,1-2H3,(H,19,20)/b18-12+. The summed E-state index contributed by atoms with van der Waals surface area (Å²) >= 11 is 0. The second-order valence-corrected chi connectivity index (χ2v) is 4.59. The van der Waals surface area contributed by atoms with Crippen LogP contribution >= 0.6 is 0 Å². The lowest BCUT2D eigenvalue weighted by molar-refractivity contribution is 0.0955. The van der Waals surface area contributed by atoms with Crippen molar-refractivity contribution in [1.29, 1.82) is 0 Å². The van der Waals surface area contributed by atoms with E-state index < -0.39 is 0 Å². The summed E-state index contributed by atoms with van der Waals surface area (Å²) in [6.07, 6.45) is 0. The molecule has 0 radical (unpaired) electrons. The van der Waals surface area contributed by atoms with Crippen LogP contribution in [0.4, 0.5) is 5.69 Å². The first-order valence-corrected chi connectivity index (χ1v) is 6.34. The Morgan fingerprint density at radius 1 is 1.15 bits per heavy atom. The van der Waals surface area contributed by atoms with E-state index in [0.717, 1.165) is 11.1 Å². The smallest absolute Gasteiger partial charge is 0.271 e. The molecule has 1 amide bonds. The van der Waals surface area contributed by atoms with Crippen molar-refractivity contribution in [2.75, 3.05) is 5.73 Å². The molecule has 0 aliphatic carbocycles. The molecule has 4 heteroatoms. The number of aryl methyl sites for hydroxylation is 1. The fourth-order valence-electron chi connectivity index (χ4n) is 1.83. The third-order valence-electron chi connectivity index (χ3n) is 2.96. The molecule has 0 saturated carbocycles. The van der Waals surface area contributed by atoms with Crippen molar-refractivity contribution in [1.82, 2.24) is 5.43 Å². The molecule has 2 aromatic carbocycles. The number of rotatable bonds is 3. The molecule has 3 N–H and O–H groups in total. The number of nitrogen functional groups attached to an aromatic ring is 1. The third kappa shape index (κ3) is 3.23. The van der Waals surface area contributed by atoms with Crippen LogP contribution in [0.3, 0.4) is 0 Å². The molecule has 0 fully saturated rings. The Hall–Kier alpha value is -2.62. The van der Waals surface area contributed by atoms with Crippen molar-refractivity contribution >= 4 is 17.3 Å². The minimum absolute atomic E-state index is 0.240. The van der Waals surface area contributed by atoms with E-state index in [-0.39, 0.29) is 5.91 Å². The van der Waals surface area contributed by atoms with Crippen LogP contribution in [-0.4, -0.2) is 11.6 Å². The summed E-state index contributed by atoms with van der Waals surface area (Å²) in [5.41, 5.74) is 12.3. The van der Waals surface area contributed by atoms with E-state index in [2.05, 4.69) is 10.5 Å². The molecule has 102 valence electrons. The predicted octanol–water partition coefficient (Wildman–Crippen LogP) is 2.73. The van der Waals surface area contributed by atoms with E-state index in [4.69, 9.17) is 5.73 Å². The fraction of sp³-hybridized carbons (Fsp3) is 0.125. The number of carbonyl (C=O) groups excluding carboxylic acids is 1. The molecule has 0 aliphatic heterocycles. The van der Waals surface area contributed by atoms with Crippen LogP contribution in [0.2, 0.25) is 0 Å². The van der Waals surface area contributed by atoms with E-state index in [1.165, 1.54) is 0 Å². The molecule has 0 aromatic heterocycles. The van der Waals surface area contributed by atoms with E-state index in [0.29, 0.717) is 17.0 Å². The number of nitrogens with one attached hydrogen (secondary N) is 1. The largest absolute Gasteiger partial charge is 0.398 e. The quantitative estimate of drug-likeness (QED) is 0.510. The van der Waals surface area contributed by atoms with Crippen LogP contribution in [0.1, 0.15) is 28.4 Å². The molecule has 0 heterocycles. The maximum Gasteiger partial charge on any atom is 0.271 e. The van der Waals surface area contributed by atoms with Gasteiger partial charge in [0.2, 0.25) is 0 Å². The van der Waals surface area contributed by atoms with Crippen molar-refractivity contribution in [3.8, 4) is 0 Å². The predicted molar refractivity (Wildman–Crippen MR) is 81.7 cm³/mol. The lowest BCUT2D eigenvalue weighted by atomic mass is 10.1. The Labute approximate surface area is 118 Å². The highest BCUT2D eigenvalue weighted by Crippen LogP contribution is 2.14. The van der Waals surface area contributed by atoms with Gasteiger partial charge in [-0.15, -0.1) is 0 Å². The molecule has 0 saturated heterocycles. The van der Waals surface area contributed by atoms with E-state index in [1.54, 1.807) is 12.1 Å². The maximum atomic E-state index is 11.9. The molecule has 0 spiro atoms. The van der Waals surface area contributed by atoms with Crippen LogP contribution in [0.15, 0.2) is 53.6 Å². The number of hydrogen-bond acceptors (Lipinski definition) is 3. The van der Waals surface area contributed by atoms with Gasteiger partial charge in [0.1, 0.15) is 0 Å². The van der Waals surface area contributed by atoms with Gasteiger partial charge < -0.3 is 5.73 Å². The maximum absolute atomic E-state index is 11.9.